The summed E-state index contributed by atoms with van der Waals surface area (Å²) in [5, 5.41) is 13.7. The molecule has 1 aliphatic rings. The van der Waals surface area contributed by atoms with Crippen LogP contribution in [0, 0.1) is 17.2 Å². The molecule has 2 N–H and O–H groups in total. The molecule has 0 unspecified atom stereocenters. The fourth-order valence-corrected chi connectivity index (χ4v) is 7.73. The van der Waals surface area contributed by atoms with Gasteiger partial charge in [-0.3, -0.25) is 9.71 Å². The molecule has 3 aromatic carbocycles. The van der Waals surface area contributed by atoms with Gasteiger partial charge in [-0.05, 0) is 118 Å². The van der Waals surface area contributed by atoms with E-state index in [1.165, 1.54) is 50.5 Å². The minimum atomic E-state index is -3.98. The van der Waals surface area contributed by atoms with Crippen molar-refractivity contribution in [3.63, 3.8) is 0 Å². The SMILES string of the molecule is CC(C)N1CCC(CCNCc2cc(-c3cc(-c4ccccc4)ccc3Oc3ccc(S(=O)(=O)Nc4ncns4)cc3C#N)ccn2)CC1. The summed E-state index contributed by atoms with van der Waals surface area (Å²) in [6.45, 7) is 8.49. The number of pyridine rings is 1. The van der Waals surface area contributed by atoms with Crippen molar-refractivity contribution in [1.82, 2.24) is 24.6 Å². The van der Waals surface area contributed by atoms with Crippen molar-refractivity contribution >= 4 is 26.7 Å². The number of sulfonamides is 1. The highest BCUT2D eigenvalue weighted by Crippen LogP contribution is 2.38. The Balaban J connectivity index is 1.22. The van der Waals surface area contributed by atoms with Crippen molar-refractivity contribution in [3.8, 4) is 39.8 Å². The molecule has 49 heavy (non-hydrogen) atoms. The molecule has 1 saturated heterocycles. The average molecular weight is 694 g/mol. The molecule has 0 amide bonds. The zero-order valence-electron chi connectivity index (χ0n) is 27.5. The van der Waals surface area contributed by atoms with E-state index in [-0.39, 0.29) is 21.3 Å². The Morgan fingerprint density at radius 3 is 2.49 bits per heavy atom. The van der Waals surface area contributed by atoms with Crippen LogP contribution in [0.1, 0.15) is 44.4 Å². The number of nitrogens with one attached hydrogen (secondary N) is 2. The second kappa shape index (κ2) is 15.7. The summed E-state index contributed by atoms with van der Waals surface area (Å²) < 4.78 is 38.5. The number of piperidine rings is 1. The van der Waals surface area contributed by atoms with Crippen LogP contribution in [0.2, 0.25) is 0 Å². The highest BCUT2D eigenvalue weighted by Gasteiger charge is 2.21. The molecule has 2 aromatic heterocycles. The van der Waals surface area contributed by atoms with E-state index < -0.39 is 10.0 Å². The highest BCUT2D eigenvalue weighted by atomic mass is 32.2. The van der Waals surface area contributed by atoms with Crippen LogP contribution < -0.4 is 14.8 Å². The van der Waals surface area contributed by atoms with Gasteiger partial charge in [-0.25, -0.2) is 13.4 Å². The van der Waals surface area contributed by atoms with E-state index in [0.717, 1.165) is 58.4 Å². The molecule has 1 fully saturated rings. The van der Waals surface area contributed by atoms with Crippen LogP contribution in [0.25, 0.3) is 22.3 Å². The quantitative estimate of drug-likeness (QED) is 0.122. The first-order chi connectivity index (χ1) is 23.8. The van der Waals surface area contributed by atoms with Gasteiger partial charge in [0, 0.05) is 35.9 Å². The number of benzene rings is 3. The maximum atomic E-state index is 13.0. The molecule has 0 spiro atoms. The summed E-state index contributed by atoms with van der Waals surface area (Å²) in [5.41, 5.74) is 4.79. The zero-order valence-corrected chi connectivity index (χ0v) is 29.2. The maximum absolute atomic E-state index is 13.0. The van der Waals surface area contributed by atoms with Crippen LogP contribution in [0.15, 0.2) is 96.3 Å². The van der Waals surface area contributed by atoms with Gasteiger partial charge in [-0.1, -0.05) is 36.4 Å². The van der Waals surface area contributed by atoms with E-state index in [9.17, 15) is 13.7 Å². The molecule has 5 aromatic rings. The van der Waals surface area contributed by atoms with E-state index in [0.29, 0.717) is 18.3 Å². The lowest BCUT2D eigenvalue weighted by Gasteiger charge is -2.34. The largest absolute Gasteiger partial charge is 0.455 e. The van der Waals surface area contributed by atoms with Gasteiger partial charge in [0.05, 0.1) is 16.2 Å². The fourth-order valence-electron chi connectivity index (χ4n) is 6.04. The van der Waals surface area contributed by atoms with Crippen LogP contribution in [-0.4, -0.2) is 53.3 Å². The summed E-state index contributed by atoms with van der Waals surface area (Å²) in [7, 11) is -3.98. The number of nitriles is 1. The van der Waals surface area contributed by atoms with Crippen molar-refractivity contribution in [3.05, 3.63) is 103 Å². The Hall–Kier alpha value is -4.67. The Morgan fingerprint density at radius 1 is 0.959 bits per heavy atom. The Bertz CT molecular complexity index is 2010. The first-order valence-electron chi connectivity index (χ1n) is 16.4. The van der Waals surface area contributed by atoms with Crippen LogP contribution in [-0.2, 0) is 16.6 Å². The lowest BCUT2D eigenvalue weighted by molar-refractivity contribution is 0.145. The number of aromatic nitrogens is 3. The topological polar surface area (TPSA) is 133 Å². The van der Waals surface area contributed by atoms with E-state index in [2.05, 4.69) is 73.5 Å². The lowest BCUT2D eigenvalue weighted by Crippen LogP contribution is -2.39. The molecule has 6 rings (SSSR count). The summed E-state index contributed by atoms with van der Waals surface area (Å²) in [6, 6.07) is 26.9. The molecule has 0 aliphatic carbocycles. The molecule has 1 aliphatic heterocycles. The third-order valence-electron chi connectivity index (χ3n) is 8.81. The van der Waals surface area contributed by atoms with E-state index in [1.54, 1.807) is 6.20 Å². The number of hydrogen-bond donors (Lipinski definition) is 2. The van der Waals surface area contributed by atoms with Gasteiger partial charge >= 0.3 is 0 Å². The van der Waals surface area contributed by atoms with Crippen molar-refractivity contribution in [1.29, 1.82) is 5.26 Å². The van der Waals surface area contributed by atoms with Crippen LogP contribution in [0.3, 0.4) is 0 Å². The predicted molar refractivity (Wildman–Crippen MR) is 193 cm³/mol. The van der Waals surface area contributed by atoms with Crippen LogP contribution >= 0.6 is 11.5 Å². The second-order valence-corrected chi connectivity index (χ2v) is 14.8. The summed E-state index contributed by atoms with van der Waals surface area (Å²) >= 11 is 0.920. The minimum Gasteiger partial charge on any atom is -0.455 e. The first-order valence-corrected chi connectivity index (χ1v) is 18.7. The van der Waals surface area contributed by atoms with Gasteiger partial charge in [0.25, 0.3) is 10.0 Å². The average Bonchev–Trinajstić information content (AvgIpc) is 3.63. The number of nitrogens with zero attached hydrogens (tertiary/aromatic N) is 5. The predicted octanol–water partition coefficient (Wildman–Crippen LogP) is 7.33. The molecule has 0 radical (unpaired) electrons. The zero-order chi connectivity index (χ0) is 34.2. The molecule has 10 nitrogen and oxygen atoms in total. The van der Waals surface area contributed by atoms with Crippen molar-refractivity contribution in [2.45, 2.75) is 50.6 Å². The highest BCUT2D eigenvalue weighted by molar-refractivity contribution is 7.93. The van der Waals surface area contributed by atoms with Crippen molar-refractivity contribution in [2.24, 2.45) is 5.92 Å². The van der Waals surface area contributed by atoms with Crippen LogP contribution in [0.4, 0.5) is 5.13 Å². The van der Waals surface area contributed by atoms with E-state index in [1.807, 2.05) is 36.4 Å². The van der Waals surface area contributed by atoms with Crippen molar-refractivity contribution < 1.29 is 13.2 Å². The second-order valence-electron chi connectivity index (χ2n) is 12.4. The lowest BCUT2D eigenvalue weighted by atomic mass is 9.93. The summed E-state index contributed by atoms with van der Waals surface area (Å²) in [4.78, 5) is 11.0. The summed E-state index contributed by atoms with van der Waals surface area (Å²) in [5.74, 6) is 1.51. The van der Waals surface area contributed by atoms with E-state index in [4.69, 9.17) is 4.74 Å². The summed E-state index contributed by atoms with van der Waals surface area (Å²) in [6.07, 6.45) is 6.73. The third kappa shape index (κ3) is 8.68. The molecule has 252 valence electrons. The number of rotatable bonds is 13. The smallest absolute Gasteiger partial charge is 0.263 e. The number of likely N-dealkylation sites (tertiary alicyclic amines) is 1. The van der Waals surface area contributed by atoms with Gasteiger partial charge in [0.2, 0.25) is 5.13 Å². The minimum absolute atomic E-state index is 0.0766. The molecule has 0 saturated carbocycles. The fraction of sp³-hybridized carbons (Fsp3) is 0.297. The van der Waals surface area contributed by atoms with Gasteiger partial charge in [0.1, 0.15) is 23.9 Å². The van der Waals surface area contributed by atoms with Gasteiger partial charge in [-0.15, -0.1) is 0 Å². The van der Waals surface area contributed by atoms with Gasteiger partial charge < -0.3 is 15.0 Å². The Kier molecular flexibility index (Phi) is 11.0. The molecule has 0 bridgehead atoms. The van der Waals surface area contributed by atoms with Gasteiger partial charge in [-0.2, -0.15) is 9.64 Å². The van der Waals surface area contributed by atoms with Crippen LogP contribution in [0.5, 0.6) is 11.5 Å². The number of hydrogen-bond acceptors (Lipinski definition) is 10. The molecular formula is C37H39N7O3S2. The first kappa shape index (κ1) is 34.2. The maximum Gasteiger partial charge on any atom is 0.263 e. The Labute approximate surface area is 292 Å². The molecule has 0 atom stereocenters. The van der Waals surface area contributed by atoms with Crippen molar-refractivity contribution in [2.75, 3.05) is 24.4 Å². The third-order valence-corrected chi connectivity index (χ3v) is 10.9. The standard InChI is InChI=1S/C37H39N7O3S2/c1-26(2)44-18-14-27(15-19-44)12-16-39-24-32-20-30(13-17-40-32)34-22-29(28-6-4-3-5-7-28)8-10-36(34)47-35-11-9-33(21-31(35)23-38)49(45,46)43-37-41-25-42-48-37/h3-11,13,17,20-22,25-27,39H,12,14-16,18-19,24H2,1-2H3,(H,41,42,43). The molecule has 12 heteroatoms. The Morgan fingerprint density at radius 2 is 1.76 bits per heavy atom. The monoisotopic (exact) mass is 693 g/mol. The molecule has 3 heterocycles. The normalized spacial score (nSPS) is 14.1. The van der Waals surface area contributed by atoms with Gasteiger partial charge in [0.15, 0.2) is 0 Å². The molecular weight excluding hydrogens is 655 g/mol. The number of anilines is 1. The van der Waals surface area contributed by atoms with E-state index >= 15 is 0 Å². The number of ether oxygens (including phenoxy) is 1.